The van der Waals surface area contributed by atoms with Gasteiger partial charge in [0.1, 0.15) is 18.5 Å². The van der Waals surface area contributed by atoms with Crippen molar-refractivity contribution in [1.29, 1.82) is 0 Å². The SMILES string of the molecule is CCCC(=O)OCC1O[C@H](Oc2ccc(I)cc2)CC[C@@H]1O. The molecule has 1 aliphatic rings. The number of esters is 1. The van der Waals surface area contributed by atoms with E-state index in [4.69, 9.17) is 14.2 Å². The largest absolute Gasteiger partial charge is 0.465 e. The Hall–Kier alpha value is -0.860. The first kappa shape index (κ1) is 17.5. The number of carbonyl (C=O) groups is 1. The summed E-state index contributed by atoms with van der Waals surface area (Å²) in [6.07, 6.45) is 0.682. The molecular weight excluding hydrogens is 399 g/mol. The highest BCUT2D eigenvalue weighted by Gasteiger charge is 2.32. The van der Waals surface area contributed by atoms with Crippen molar-refractivity contribution in [3.63, 3.8) is 0 Å². The summed E-state index contributed by atoms with van der Waals surface area (Å²) in [5, 5.41) is 9.96. The van der Waals surface area contributed by atoms with Crippen LogP contribution < -0.4 is 4.74 Å². The van der Waals surface area contributed by atoms with Gasteiger partial charge in [0.25, 0.3) is 0 Å². The van der Waals surface area contributed by atoms with Crippen LogP contribution in [0.25, 0.3) is 0 Å². The molecule has 0 saturated carbocycles. The summed E-state index contributed by atoms with van der Waals surface area (Å²) in [6.45, 7) is 1.98. The van der Waals surface area contributed by atoms with Gasteiger partial charge < -0.3 is 19.3 Å². The highest BCUT2D eigenvalue weighted by molar-refractivity contribution is 14.1. The molecule has 5 nitrogen and oxygen atoms in total. The van der Waals surface area contributed by atoms with Gasteiger partial charge in [0.15, 0.2) is 6.29 Å². The lowest BCUT2D eigenvalue weighted by Crippen LogP contribution is -2.44. The number of aliphatic hydroxyl groups excluding tert-OH is 1. The molecule has 122 valence electrons. The minimum absolute atomic E-state index is 0.0621. The molecule has 0 amide bonds. The van der Waals surface area contributed by atoms with E-state index < -0.39 is 18.5 Å². The maximum atomic E-state index is 11.4. The average Bonchev–Trinajstić information content (AvgIpc) is 2.50. The lowest BCUT2D eigenvalue weighted by molar-refractivity contribution is -0.203. The van der Waals surface area contributed by atoms with Crippen LogP contribution in [0.1, 0.15) is 32.6 Å². The molecule has 6 heteroatoms. The van der Waals surface area contributed by atoms with Crippen molar-refractivity contribution >= 4 is 28.6 Å². The third kappa shape index (κ3) is 5.40. The Morgan fingerprint density at radius 1 is 1.36 bits per heavy atom. The summed E-state index contributed by atoms with van der Waals surface area (Å²) < 4.78 is 17.7. The monoisotopic (exact) mass is 420 g/mol. The van der Waals surface area contributed by atoms with Gasteiger partial charge in [-0.2, -0.15) is 0 Å². The van der Waals surface area contributed by atoms with Crippen molar-refractivity contribution in [2.24, 2.45) is 0 Å². The smallest absolute Gasteiger partial charge is 0.305 e. The van der Waals surface area contributed by atoms with Gasteiger partial charge in [-0.05, 0) is 59.7 Å². The molecule has 0 aliphatic carbocycles. The van der Waals surface area contributed by atoms with Gasteiger partial charge in [0, 0.05) is 16.4 Å². The fourth-order valence-electron chi connectivity index (χ4n) is 2.20. The Morgan fingerprint density at radius 2 is 2.09 bits per heavy atom. The van der Waals surface area contributed by atoms with Gasteiger partial charge in [-0.15, -0.1) is 0 Å². The van der Waals surface area contributed by atoms with Crippen molar-refractivity contribution in [1.82, 2.24) is 0 Å². The van der Waals surface area contributed by atoms with Crippen LogP contribution in [0.2, 0.25) is 0 Å². The fraction of sp³-hybridized carbons (Fsp3) is 0.562. The first-order valence-corrected chi connectivity index (χ1v) is 8.57. The Labute approximate surface area is 144 Å². The zero-order chi connectivity index (χ0) is 15.9. The number of rotatable bonds is 6. The van der Waals surface area contributed by atoms with E-state index in [1.807, 2.05) is 31.2 Å². The van der Waals surface area contributed by atoms with Gasteiger partial charge in [-0.3, -0.25) is 4.79 Å². The summed E-state index contributed by atoms with van der Waals surface area (Å²) in [5.41, 5.74) is 0. The van der Waals surface area contributed by atoms with Crippen LogP contribution in [0.3, 0.4) is 0 Å². The Bertz CT molecular complexity index is 476. The quantitative estimate of drug-likeness (QED) is 0.567. The molecule has 1 unspecified atom stereocenters. The molecule has 3 atom stereocenters. The van der Waals surface area contributed by atoms with Crippen LogP contribution in [0.4, 0.5) is 0 Å². The number of ether oxygens (including phenoxy) is 3. The number of hydrogen-bond donors (Lipinski definition) is 1. The molecule has 0 spiro atoms. The minimum atomic E-state index is -0.633. The van der Waals surface area contributed by atoms with E-state index in [1.165, 1.54) is 0 Å². The van der Waals surface area contributed by atoms with Gasteiger partial charge in [-0.25, -0.2) is 0 Å². The van der Waals surface area contributed by atoms with Gasteiger partial charge in [0.2, 0.25) is 0 Å². The first-order chi connectivity index (χ1) is 10.6. The molecule has 1 heterocycles. The standard InChI is InChI=1S/C16H21IO5/c1-2-3-15(19)20-10-14-13(18)8-9-16(22-14)21-12-6-4-11(17)5-7-12/h4-7,13-14,16,18H,2-3,8-10H2,1H3/t13-,14?,16-/m0/s1. The molecule has 1 N–H and O–H groups in total. The normalized spacial score (nSPS) is 24.8. The van der Waals surface area contributed by atoms with E-state index in [9.17, 15) is 9.90 Å². The molecule has 0 bridgehead atoms. The highest BCUT2D eigenvalue weighted by atomic mass is 127. The second kappa shape index (κ2) is 8.69. The predicted octanol–water partition coefficient (Wildman–Crippen LogP) is 2.88. The summed E-state index contributed by atoms with van der Waals surface area (Å²) in [7, 11) is 0. The second-order valence-electron chi connectivity index (χ2n) is 5.25. The van der Waals surface area contributed by atoms with E-state index in [2.05, 4.69) is 22.6 Å². The number of hydrogen-bond acceptors (Lipinski definition) is 5. The molecule has 1 aromatic rings. The number of benzene rings is 1. The highest BCUT2D eigenvalue weighted by Crippen LogP contribution is 2.24. The average molecular weight is 420 g/mol. The van der Waals surface area contributed by atoms with E-state index in [1.54, 1.807) is 0 Å². The van der Waals surface area contributed by atoms with Crippen LogP contribution in [-0.2, 0) is 14.3 Å². The van der Waals surface area contributed by atoms with Crippen molar-refractivity contribution in [3.8, 4) is 5.75 Å². The fourth-order valence-corrected chi connectivity index (χ4v) is 2.56. The van der Waals surface area contributed by atoms with Gasteiger partial charge >= 0.3 is 5.97 Å². The van der Waals surface area contributed by atoms with E-state index in [-0.39, 0.29) is 12.6 Å². The Morgan fingerprint density at radius 3 is 2.77 bits per heavy atom. The second-order valence-corrected chi connectivity index (χ2v) is 6.50. The van der Waals surface area contributed by atoms with Crippen LogP contribution in [0.15, 0.2) is 24.3 Å². The topological polar surface area (TPSA) is 65.0 Å². The van der Waals surface area contributed by atoms with Crippen LogP contribution >= 0.6 is 22.6 Å². The predicted molar refractivity (Wildman–Crippen MR) is 89.6 cm³/mol. The first-order valence-electron chi connectivity index (χ1n) is 7.50. The molecule has 1 aromatic carbocycles. The van der Waals surface area contributed by atoms with E-state index in [0.29, 0.717) is 19.3 Å². The summed E-state index contributed by atoms with van der Waals surface area (Å²) >= 11 is 2.23. The molecule has 0 aromatic heterocycles. The minimum Gasteiger partial charge on any atom is -0.465 e. The molecular formula is C16H21IO5. The van der Waals surface area contributed by atoms with Crippen molar-refractivity contribution in [3.05, 3.63) is 27.8 Å². The molecule has 1 aliphatic heterocycles. The van der Waals surface area contributed by atoms with Crippen LogP contribution in [-0.4, -0.2) is 36.2 Å². The summed E-state index contributed by atoms with van der Waals surface area (Å²) in [4.78, 5) is 11.4. The van der Waals surface area contributed by atoms with Crippen LogP contribution in [0.5, 0.6) is 5.75 Å². The molecule has 2 rings (SSSR count). The molecule has 1 fully saturated rings. The molecule has 22 heavy (non-hydrogen) atoms. The lowest BCUT2D eigenvalue weighted by atomic mass is 10.1. The maximum absolute atomic E-state index is 11.4. The van der Waals surface area contributed by atoms with E-state index in [0.717, 1.165) is 15.7 Å². The molecule has 1 saturated heterocycles. The molecule has 0 radical (unpaired) electrons. The van der Waals surface area contributed by atoms with Crippen molar-refractivity contribution in [2.45, 2.75) is 51.1 Å². The van der Waals surface area contributed by atoms with Crippen molar-refractivity contribution in [2.75, 3.05) is 6.61 Å². The summed E-state index contributed by atoms with van der Waals surface area (Å²) in [5.74, 6) is 0.461. The van der Waals surface area contributed by atoms with Crippen LogP contribution in [0, 0.1) is 3.57 Å². The number of halogens is 1. The number of aliphatic hydroxyl groups is 1. The van der Waals surface area contributed by atoms with Crippen molar-refractivity contribution < 1.29 is 24.1 Å². The zero-order valence-corrected chi connectivity index (χ0v) is 14.7. The van der Waals surface area contributed by atoms with Gasteiger partial charge in [0.05, 0.1) is 6.10 Å². The third-order valence-electron chi connectivity index (χ3n) is 3.40. The lowest BCUT2D eigenvalue weighted by Gasteiger charge is -2.33. The van der Waals surface area contributed by atoms with Gasteiger partial charge in [-0.1, -0.05) is 6.92 Å². The zero-order valence-electron chi connectivity index (χ0n) is 12.5. The Kier molecular flexibility index (Phi) is 6.91. The third-order valence-corrected chi connectivity index (χ3v) is 4.12. The Balaban J connectivity index is 1.84. The maximum Gasteiger partial charge on any atom is 0.305 e. The van der Waals surface area contributed by atoms with E-state index >= 15 is 0 Å². The summed E-state index contributed by atoms with van der Waals surface area (Å²) in [6, 6.07) is 7.67. The number of carbonyl (C=O) groups excluding carboxylic acids is 1.